The Hall–Kier alpha value is -5.12. The van der Waals surface area contributed by atoms with Gasteiger partial charge in [0.2, 0.25) is 11.8 Å². The Morgan fingerprint density at radius 2 is 1.67 bits per heavy atom. The molecule has 0 aromatic heterocycles. The Balaban J connectivity index is 0.000000355. The number of aromatic hydroxyl groups is 1. The first kappa shape index (κ1) is 34.4. The highest BCUT2D eigenvalue weighted by Gasteiger charge is 2.64. The minimum absolute atomic E-state index is 0.0174. The number of hydrogen-bond acceptors (Lipinski definition) is 12. The second kappa shape index (κ2) is 14.1. The molecule has 2 aliphatic heterocycles. The summed E-state index contributed by atoms with van der Waals surface area (Å²) in [5.41, 5.74) is 1.10. The van der Waals surface area contributed by atoms with Gasteiger partial charge in [0.1, 0.15) is 29.2 Å². The molecule has 16 heteroatoms. The number of carboxylic acids is 1. The maximum Gasteiger partial charge on any atom is 0.337 e. The Morgan fingerprint density at radius 3 is 2.18 bits per heavy atom. The lowest BCUT2D eigenvalue weighted by atomic mass is 9.95. The molecule has 0 spiro atoms. The lowest BCUT2D eigenvalue weighted by molar-refractivity contribution is -0.384. The number of nitrogens with zero attached hydrogens (tertiary/aromatic N) is 2. The Kier molecular flexibility index (Phi) is 10.8. The SMILES string of the molecule is COC(=O)C=C(C)NC(C(=O)N[C@@H]1C(=O)N2[C@@H]1SC(C)(C)[C@@H]2C(=O)O)c1ccc(O)cc1.COC(=O)c1ccc([N+](=O)[O-])cc1. The first-order valence-electron chi connectivity index (χ1n) is 13.3. The summed E-state index contributed by atoms with van der Waals surface area (Å²) in [6.45, 7) is 5.09. The number of carbonyl (C=O) groups is 5. The van der Waals surface area contributed by atoms with Crippen LogP contribution in [0.25, 0.3) is 0 Å². The van der Waals surface area contributed by atoms with Crippen molar-refractivity contribution in [1.82, 2.24) is 15.5 Å². The second-order valence-electron chi connectivity index (χ2n) is 10.4. The normalized spacial score (nSPS) is 20.3. The van der Waals surface area contributed by atoms with Crippen LogP contribution in [-0.4, -0.2) is 86.2 Å². The van der Waals surface area contributed by atoms with Crippen LogP contribution in [0, 0.1) is 10.1 Å². The van der Waals surface area contributed by atoms with Crippen molar-refractivity contribution in [2.75, 3.05) is 14.2 Å². The molecule has 0 saturated carbocycles. The quantitative estimate of drug-likeness (QED) is 0.101. The van der Waals surface area contributed by atoms with Crippen LogP contribution in [0.1, 0.15) is 42.7 Å². The molecule has 45 heavy (non-hydrogen) atoms. The van der Waals surface area contributed by atoms with Gasteiger partial charge in [0.05, 0.1) is 24.7 Å². The number of esters is 2. The lowest BCUT2D eigenvalue weighted by Crippen LogP contribution is -2.71. The number of nitro groups is 1. The number of β-lactam (4-membered cyclic amide) rings is 1. The number of aliphatic carboxylic acids is 1. The predicted molar refractivity (Wildman–Crippen MR) is 160 cm³/mol. The average Bonchev–Trinajstić information content (AvgIpc) is 3.26. The number of methoxy groups -OCH3 is 2. The summed E-state index contributed by atoms with van der Waals surface area (Å²) in [5.74, 6) is -3.17. The maximum absolute atomic E-state index is 13.2. The molecule has 2 aliphatic rings. The number of fused-ring (bicyclic) bond motifs is 1. The highest BCUT2D eigenvalue weighted by atomic mass is 32.2. The van der Waals surface area contributed by atoms with Crippen molar-refractivity contribution in [3.8, 4) is 5.75 Å². The number of amides is 2. The molecule has 4 atom stereocenters. The van der Waals surface area contributed by atoms with Crippen molar-refractivity contribution in [1.29, 1.82) is 0 Å². The van der Waals surface area contributed by atoms with Gasteiger partial charge in [0.25, 0.3) is 5.69 Å². The highest BCUT2D eigenvalue weighted by molar-refractivity contribution is 8.01. The smallest absolute Gasteiger partial charge is 0.337 e. The van der Waals surface area contributed by atoms with E-state index in [1.54, 1.807) is 32.9 Å². The Morgan fingerprint density at radius 1 is 1.07 bits per heavy atom. The summed E-state index contributed by atoms with van der Waals surface area (Å²) < 4.78 is 8.32. The van der Waals surface area contributed by atoms with E-state index in [-0.39, 0.29) is 11.4 Å². The number of non-ortho nitro benzene ring substituents is 1. The molecule has 4 rings (SSSR count). The number of ether oxygens (including phenoxy) is 2. The van der Waals surface area contributed by atoms with Gasteiger partial charge in [-0.2, -0.15) is 0 Å². The zero-order valence-electron chi connectivity index (χ0n) is 24.9. The molecule has 15 nitrogen and oxygen atoms in total. The van der Waals surface area contributed by atoms with Crippen molar-refractivity contribution < 1.29 is 48.6 Å². The van der Waals surface area contributed by atoms with Crippen LogP contribution < -0.4 is 10.6 Å². The highest BCUT2D eigenvalue weighted by Crippen LogP contribution is 2.50. The van der Waals surface area contributed by atoms with Crippen molar-refractivity contribution in [3.05, 3.63) is 81.5 Å². The van der Waals surface area contributed by atoms with E-state index in [1.165, 1.54) is 73.4 Å². The van der Waals surface area contributed by atoms with Crippen LogP contribution in [-0.2, 0) is 28.7 Å². The minimum Gasteiger partial charge on any atom is -0.508 e. The number of allylic oxidation sites excluding steroid dienone is 1. The molecule has 2 aromatic carbocycles. The van der Waals surface area contributed by atoms with Gasteiger partial charge in [-0.15, -0.1) is 11.8 Å². The molecule has 2 saturated heterocycles. The number of rotatable bonds is 9. The van der Waals surface area contributed by atoms with Gasteiger partial charge in [-0.1, -0.05) is 12.1 Å². The summed E-state index contributed by atoms with van der Waals surface area (Å²) in [5, 5.41) is 34.5. The van der Waals surface area contributed by atoms with Gasteiger partial charge in [0.15, 0.2) is 0 Å². The van der Waals surface area contributed by atoms with Crippen LogP contribution >= 0.6 is 11.8 Å². The van der Waals surface area contributed by atoms with E-state index in [0.717, 1.165) is 0 Å². The summed E-state index contributed by atoms with van der Waals surface area (Å²) in [4.78, 5) is 71.0. The molecule has 4 N–H and O–H groups in total. The van der Waals surface area contributed by atoms with Crippen molar-refractivity contribution >= 4 is 47.2 Å². The first-order valence-corrected chi connectivity index (χ1v) is 14.2. The van der Waals surface area contributed by atoms with E-state index < -0.39 is 62.9 Å². The largest absolute Gasteiger partial charge is 0.508 e. The molecule has 0 bridgehead atoms. The third-order valence-electron chi connectivity index (χ3n) is 6.87. The fraction of sp³-hybridized carbons (Fsp3) is 0.345. The van der Waals surface area contributed by atoms with Crippen LogP contribution in [0.15, 0.2) is 60.3 Å². The lowest BCUT2D eigenvalue weighted by Gasteiger charge is -2.44. The number of carboxylic acid groups (broad SMARTS) is 1. The fourth-order valence-electron chi connectivity index (χ4n) is 4.69. The summed E-state index contributed by atoms with van der Waals surface area (Å²) >= 11 is 1.33. The zero-order chi connectivity index (χ0) is 33.6. The van der Waals surface area contributed by atoms with Crippen molar-refractivity contribution in [3.63, 3.8) is 0 Å². The molecule has 2 fully saturated rings. The van der Waals surface area contributed by atoms with Crippen LogP contribution in [0.2, 0.25) is 0 Å². The molecule has 0 aliphatic carbocycles. The van der Waals surface area contributed by atoms with Gasteiger partial charge in [-0.25, -0.2) is 14.4 Å². The summed E-state index contributed by atoms with van der Waals surface area (Å²) in [6.07, 6.45) is 1.18. The van der Waals surface area contributed by atoms with E-state index in [9.17, 15) is 44.3 Å². The number of phenols is 1. The predicted octanol–water partition coefficient (Wildman–Crippen LogP) is 2.11. The number of hydrogen-bond donors (Lipinski definition) is 4. The van der Waals surface area contributed by atoms with Gasteiger partial charge in [-0.05, 0) is 50.6 Å². The standard InChI is InChI=1S/C21H25N3O7S.C8H7NO4/c1-10(9-13(26)31-4)22-14(11-5-7-12(25)8-6-11)17(27)23-15-18(28)24-16(20(29)30)21(2,3)32-19(15)24;1-13-8(10)6-2-4-7(5-3-6)9(11)12/h5-9,14-16,19,22,25H,1-4H3,(H,23,27)(H,29,30);2-5H,1H3/t14?,15-,16+,19-;/m1./s1. The fourth-order valence-corrected chi connectivity index (χ4v) is 6.32. The molecule has 240 valence electrons. The number of phenolic OH excluding ortho intramolecular Hbond substituents is 1. The van der Waals surface area contributed by atoms with Gasteiger partial charge < -0.3 is 35.2 Å². The maximum atomic E-state index is 13.2. The van der Waals surface area contributed by atoms with Crippen LogP contribution in [0.4, 0.5) is 5.69 Å². The van der Waals surface area contributed by atoms with E-state index in [4.69, 9.17) is 0 Å². The van der Waals surface area contributed by atoms with Crippen molar-refractivity contribution in [2.45, 2.75) is 49.0 Å². The molecule has 1 unspecified atom stereocenters. The molecule has 2 amide bonds. The van der Waals surface area contributed by atoms with Gasteiger partial charge in [0, 0.05) is 28.7 Å². The molecule has 2 aromatic rings. The molecule has 2 heterocycles. The van der Waals surface area contributed by atoms with Crippen LogP contribution in [0.3, 0.4) is 0 Å². The molecular formula is C29H32N4O11S. The van der Waals surface area contributed by atoms with Gasteiger partial charge >= 0.3 is 17.9 Å². The van der Waals surface area contributed by atoms with Gasteiger partial charge in [-0.3, -0.25) is 19.7 Å². The Labute approximate surface area is 261 Å². The topological polar surface area (TPSA) is 215 Å². The number of carbonyl (C=O) groups excluding carboxylic acids is 4. The van der Waals surface area contributed by atoms with E-state index in [0.29, 0.717) is 16.8 Å². The number of nitrogens with one attached hydrogen (secondary N) is 2. The number of thioether (sulfide) groups is 1. The average molecular weight is 645 g/mol. The summed E-state index contributed by atoms with van der Waals surface area (Å²) in [6, 6.07) is 8.30. The third kappa shape index (κ3) is 7.89. The monoisotopic (exact) mass is 644 g/mol. The van der Waals surface area contributed by atoms with E-state index >= 15 is 0 Å². The number of benzene rings is 2. The van der Waals surface area contributed by atoms with E-state index in [1.807, 2.05) is 0 Å². The molecular weight excluding hydrogens is 612 g/mol. The number of nitro benzene ring substituents is 1. The van der Waals surface area contributed by atoms with Crippen molar-refractivity contribution in [2.24, 2.45) is 0 Å². The zero-order valence-corrected chi connectivity index (χ0v) is 25.7. The third-order valence-corrected chi connectivity index (χ3v) is 8.44. The second-order valence-corrected chi connectivity index (χ2v) is 12.2. The molecule has 0 radical (unpaired) electrons. The first-order chi connectivity index (χ1) is 21.1. The van der Waals surface area contributed by atoms with Crippen LogP contribution in [0.5, 0.6) is 5.75 Å². The minimum atomic E-state index is -1.09. The summed E-state index contributed by atoms with van der Waals surface area (Å²) in [7, 11) is 2.49. The van der Waals surface area contributed by atoms with E-state index in [2.05, 4.69) is 20.1 Å². The Bertz CT molecular complexity index is 1510.